The summed E-state index contributed by atoms with van der Waals surface area (Å²) in [5.41, 5.74) is 4.74. The molecule has 34 heteroatoms. The summed E-state index contributed by atoms with van der Waals surface area (Å²) in [4.78, 5) is 18.3. The monoisotopic (exact) mass is 2160 g/mol. The van der Waals surface area contributed by atoms with Gasteiger partial charge < -0.3 is 26.1 Å². The molecule has 0 bridgehead atoms. The fraction of sp³-hybridized carbons (Fsp3) is 0.0779. The Morgan fingerprint density at radius 3 is 0.577 bits per heavy atom. The first-order chi connectivity index (χ1) is 51.3. The van der Waals surface area contributed by atoms with E-state index in [9.17, 15) is 50.4 Å². The van der Waals surface area contributed by atoms with E-state index in [2.05, 4.69) is 316 Å². The summed E-state index contributed by atoms with van der Waals surface area (Å²) >= 11 is 33.4. The van der Waals surface area contributed by atoms with E-state index < -0.39 is 47.3 Å². The molecule has 598 valence electrons. The average molecular weight is 2170 g/mol. The van der Waals surface area contributed by atoms with E-state index in [0.29, 0.717) is 0 Å². The number of pyridine rings is 4. The maximum Gasteiger partial charge on any atom is 2.00 e. The van der Waals surface area contributed by atoms with Gasteiger partial charge in [-0.1, -0.05) is 170 Å². The van der Waals surface area contributed by atoms with Crippen LogP contribution in [0.1, 0.15) is 0 Å². The van der Waals surface area contributed by atoms with Crippen LogP contribution < -0.4 is 68.7 Å². The zero-order valence-electron chi connectivity index (χ0n) is 58.4. The number of hydrogen-bond acceptors (Lipinski definition) is 5. The van der Waals surface area contributed by atoms with E-state index in [0.717, 1.165) is 12.3 Å². The fourth-order valence-electron chi connectivity index (χ4n) is 9.47. The second kappa shape index (κ2) is 52.7. The summed E-state index contributed by atoms with van der Waals surface area (Å²) in [6.07, 6.45) is 13.6. The van der Waals surface area contributed by atoms with E-state index in [4.69, 9.17) is 82.2 Å². The summed E-state index contributed by atoms with van der Waals surface area (Å²) in [5, 5.41) is 11.6. The predicted molar refractivity (Wildman–Crippen MR) is 459 cm³/mol. The zero-order chi connectivity index (χ0) is 79.3. The van der Waals surface area contributed by atoms with Gasteiger partial charge in [-0.2, -0.15) is 0 Å². The van der Waals surface area contributed by atoms with E-state index in [1.165, 1.54) is 64.2 Å². The molecule has 0 radical (unpaired) electrons. The van der Waals surface area contributed by atoms with E-state index in [1.54, 1.807) is 0 Å². The first-order valence-corrected chi connectivity index (χ1v) is 45.8. The number of alkyl halides is 6. The van der Waals surface area contributed by atoms with Gasteiger partial charge in [0.05, 0.1) is 29.6 Å². The Kier molecular flexibility index (Phi) is 49.4. The van der Waals surface area contributed by atoms with Gasteiger partial charge >= 0.3 is 108 Å². The molecule has 0 N–H and O–H groups in total. The number of imidazole rings is 1. The van der Waals surface area contributed by atoms with Crippen molar-refractivity contribution in [2.75, 3.05) is 21.8 Å². The van der Waals surface area contributed by atoms with Crippen molar-refractivity contribution in [2.45, 2.75) is 6.54 Å². The number of aryl methyl sites for hydroxylation is 2. The molecule has 0 amide bonds. The molecule has 0 aliphatic heterocycles. The molecule has 0 aliphatic carbocycles. The first kappa shape index (κ1) is 104. The van der Waals surface area contributed by atoms with Crippen LogP contribution in [0.3, 0.4) is 0 Å². The Balaban J connectivity index is 0.000000651. The molecule has 0 saturated heterocycles. The van der Waals surface area contributed by atoms with Gasteiger partial charge in [-0.15, -0.1) is 75.4 Å². The van der Waals surface area contributed by atoms with Gasteiger partial charge in [0.1, 0.15) is 86.5 Å². The van der Waals surface area contributed by atoms with Crippen molar-refractivity contribution in [3.05, 3.63) is 359 Å². The molecule has 13 rings (SSSR count). The quantitative estimate of drug-likeness (QED) is 0.0357. The number of rotatable bonds is 14. The Morgan fingerprint density at radius 1 is 0.306 bits per heavy atom. The molecule has 0 saturated carbocycles. The van der Waals surface area contributed by atoms with Crippen molar-refractivity contribution in [2.24, 2.45) is 7.05 Å². The van der Waals surface area contributed by atoms with Crippen LogP contribution in [-0.2, 0) is 81.8 Å². The Hall–Kier alpha value is -4.87. The second-order valence-corrected chi connectivity index (χ2v) is 37.9. The Morgan fingerprint density at radius 2 is 0.459 bits per heavy atom. The van der Waals surface area contributed by atoms with Crippen LogP contribution in [0, 0.1) is 0 Å². The van der Waals surface area contributed by atoms with E-state index in [-0.39, 0.29) is 71.6 Å². The normalized spacial score (nSPS) is 11.5. The van der Waals surface area contributed by atoms with Gasteiger partial charge in [0.15, 0.2) is 21.7 Å². The summed E-state index contributed by atoms with van der Waals surface area (Å²) in [5.74, 6) is 0.786. The third-order valence-electron chi connectivity index (χ3n) is 13.4. The molecule has 0 fully saturated rings. The SMILES string of the molecule is C[n+]1ccn(CC[S-])c1.ClCCl.ClCCl.ClCCl.F[P-](F)(F)(F)(F)F.F[P-](F)(F)(F)(F)F.[Pt+2].[Pt+2].[S-2].c1ccc([PH+](c2ccccc2)c2ccccn2)cc1.c1ccc([PH+](c2ccccc2)c2ccccn2)cc1.c1ccc([PH+](c2ccccc2)c2ccccn2)cc1.c1ccc([PH+](c2ccccc2)c2ccccn2)cc1. The van der Waals surface area contributed by atoms with Crippen LogP contribution in [0.15, 0.2) is 359 Å². The van der Waals surface area contributed by atoms with Gasteiger partial charge in [0.25, 0.3) is 0 Å². The van der Waals surface area contributed by atoms with Crippen LogP contribution >= 0.6 is 117 Å². The van der Waals surface area contributed by atoms with Crippen molar-refractivity contribution >= 4 is 207 Å². The Labute approximate surface area is 716 Å². The number of benzene rings is 8. The van der Waals surface area contributed by atoms with Crippen LogP contribution in [0.5, 0.6) is 0 Å². The molecule has 5 aromatic heterocycles. The maximum atomic E-state index is 9.87. The topological polar surface area (TPSA) is 60.4 Å². The van der Waals surface area contributed by atoms with E-state index in [1.807, 2.05) is 79.4 Å². The van der Waals surface area contributed by atoms with Crippen molar-refractivity contribution in [3.63, 3.8) is 0 Å². The minimum Gasteiger partial charge on any atom is -2.00 e. The number of nitrogens with zero attached hydrogens (tertiary/aromatic N) is 6. The molecule has 0 aliphatic rings. The maximum absolute atomic E-state index is 10.7. The second-order valence-electron chi connectivity index (χ2n) is 21.5. The number of halogens is 18. The molecular weight excluding hydrogens is 2090 g/mol. The van der Waals surface area contributed by atoms with Crippen molar-refractivity contribution < 1.29 is 97.1 Å². The molecule has 111 heavy (non-hydrogen) atoms. The zero-order valence-corrected chi connectivity index (χ0v) is 74.9. The summed E-state index contributed by atoms with van der Waals surface area (Å²) in [6.45, 7) is 0.941. The minimum absolute atomic E-state index is 0. The smallest absolute Gasteiger partial charge is 2.00 e. The largest absolute Gasteiger partial charge is 2.00 e. The molecule has 6 nitrogen and oxygen atoms in total. The van der Waals surface area contributed by atoms with Crippen LogP contribution in [0.2, 0.25) is 0 Å². The van der Waals surface area contributed by atoms with Crippen LogP contribution in [-0.4, -0.2) is 46.3 Å². The standard InChI is InChI=1S/4C17H14NP.C6H10N2S.3CH2Cl2.2F6P.2Pt.S/c4*1-3-9-15(10-4-1)19(16-11-5-2-6-12-16)17-13-7-8-14-18-17;1-7-2-3-8(6-7)4-5-9;3*2-1-3;2*1-7(2,3,4,5)6;;;/h4*1-14H;2-3,6H,4-5H2,1H3;3*1H2;;;;;/q;;;;;;;;2*-1;2*+2;-2/p+4. The Bertz CT molecular complexity index is 3590. The summed E-state index contributed by atoms with van der Waals surface area (Å²) in [6, 6.07) is 110. The number of hydrogen-bond donors (Lipinski definition) is 0. The molecule has 0 unspecified atom stereocenters. The number of aromatic nitrogens is 6. The third kappa shape index (κ3) is 49.0. The fourth-order valence-corrected chi connectivity index (χ4v) is 19.5. The molecule has 13 aromatic rings. The van der Waals surface area contributed by atoms with Gasteiger partial charge in [0.2, 0.25) is 6.33 Å². The summed E-state index contributed by atoms with van der Waals surface area (Å²) in [7, 11) is -23.3. The molecular formula is C77H76Cl6F12N6P6Pt2S2+4. The molecule has 0 atom stereocenters. The molecule has 0 spiro atoms. The van der Waals surface area contributed by atoms with Crippen molar-refractivity contribution in [1.29, 1.82) is 0 Å². The molecule has 8 aromatic carbocycles. The van der Waals surface area contributed by atoms with Gasteiger partial charge in [-0.05, 0) is 121 Å². The third-order valence-corrected chi connectivity index (χ3v) is 24.1. The summed E-state index contributed by atoms with van der Waals surface area (Å²) < 4.78 is 122. The average Bonchev–Trinajstić information content (AvgIpc) is 0.957. The minimum atomic E-state index is -10.7. The van der Waals surface area contributed by atoms with Gasteiger partial charge in [-0.25, -0.2) is 29.1 Å². The van der Waals surface area contributed by atoms with Crippen molar-refractivity contribution in [3.8, 4) is 0 Å². The predicted octanol–water partition coefficient (Wildman–Crippen LogP) is 21.2. The van der Waals surface area contributed by atoms with Crippen LogP contribution in [0.25, 0.3) is 0 Å². The van der Waals surface area contributed by atoms with E-state index >= 15 is 0 Å². The molecule has 5 heterocycles. The van der Waals surface area contributed by atoms with Crippen molar-refractivity contribution in [1.82, 2.24) is 24.5 Å². The first-order valence-electron chi connectivity index (χ1n) is 31.9. The van der Waals surface area contributed by atoms with Crippen LogP contribution in [0.4, 0.5) is 50.4 Å². The van der Waals surface area contributed by atoms with Gasteiger partial charge in [-0.3, -0.25) is 0 Å². The van der Waals surface area contributed by atoms with Gasteiger partial charge in [0, 0.05) is 49.1 Å².